The standard InChI is InChI=1S/6CN.Fe.K.H2O2.H/c6*1-2;;;1-2;/h;;;;;;;;1-2H;. The molecule has 0 saturated heterocycles. The molecule has 0 aliphatic rings. The van der Waals surface area contributed by atoms with Crippen molar-refractivity contribution in [2.45, 2.75) is 0 Å². The van der Waals surface area contributed by atoms with E-state index in [1.165, 1.54) is 0 Å². The molecule has 0 unspecified atom stereocenters. The molecule has 0 bridgehead atoms. The topological polar surface area (TPSA) is 183 Å². The first-order chi connectivity index (χ1) is 6.97. The van der Waals surface area contributed by atoms with Gasteiger partial charge in [-0.05, 0) is 0 Å². The maximum atomic E-state index is 8.58. The molecule has 8 nitrogen and oxygen atoms in total. The van der Waals surface area contributed by atoms with Gasteiger partial charge in [0.15, 0.2) is 0 Å². The van der Waals surface area contributed by atoms with E-state index in [0.717, 1.165) is 29.8 Å². The minimum absolute atomic E-state index is 0. The molecule has 0 aromatic heterocycles. The summed E-state index contributed by atoms with van der Waals surface area (Å²) in [5, 5.41) is 63.5. The number of nitrogens with zero attached hydrogens (tertiary/aromatic N) is 6. The molecule has 0 aliphatic carbocycles. The van der Waals surface area contributed by atoms with E-state index in [1.807, 2.05) is 0 Å². The van der Waals surface area contributed by atoms with E-state index < -0.39 is 10.7 Å². The zero-order valence-corrected chi connectivity index (χ0v) is 8.04. The van der Waals surface area contributed by atoms with Gasteiger partial charge in [-0.1, -0.05) is 0 Å². The van der Waals surface area contributed by atoms with Crippen molar-refractivity contribution in [3.63, 3.8) is 0 Å². The number of hydrogen-bond donors (Lipinski definition) is 2. The number of rotatable bonds is 0. The molecule has 10 heteroatoms. The van der Waals surface area contributed by atoms with Gasteiger partial charge in [-0.3, -0.25) is 10.5 Å². The van der Waals surface area contributed by atoms with Gasteiger partial charge in [0.25, 0.3) is 0 Å². The maximum absolute atomic E-state index is 8.58. The van der Waals surface area contributed by atoms with Gasteiger partial charge in [-0.25, -0.2) is 0 Å². The van der Waals surface area contributed by atoms with Crippen molar-refractivity contribution in [3.05, 3.63) is 0 Å². The van der Waals surface area contributed by atoms with Crippen LogP contribution in [0.4, 0.5) is 0 Å². The Morgan fingerprint density at radius 3 is 0.688 bits per heavy atom. The van der Waals surface area contributed by atoms with Crippen molar-refractivity contribution in [2.24, 2.45) is 0 Å². The Bertz CT molecular complexity index is 401. The Labute approximate surface area is 132 Å². The van der Waals surface area contributed by atoms with Gasteiger partial charge in [-0.15, -0.1) is 0 Å². The number of nitriles is 6. The van der Waals surface area contributed by atoms with Crippen molar-refractivity contribution in [1.29, 1.82) is 31.6 Å². The van der Waals surface area contributed by atoms with E-state index in [9.17, 15) is 0 Å². The van der Waals surface area contributed by atoms with E-state index in [-0.39, 0.29) is 51.4 Å². The zero-order valence-electron chi connectivity index (χ0n) is 6.93. The van der Waals surface area contributed by atoms with Crippen molar-refractivity contribution < 1.29 is 21.2 Å². The van der Waals surface area contributed by atoms with Crippen molar-refractivity contribution in [1.82, 2.24) is 0 Å². The average Bonchev–Trinajstić information content (AvgIpc) is 2.39. The predicted octanol–water partition coefficient (Wildman–Crippen LogP) is -0.533. The van der Waals surface area contributed by atoms with Crippen LogP contribution in [0.2, 0.25) is 0 Å². The third-order valence-corrected chi connectivity index (χ3v) is 4.89. The zero-order chi connectivity index (χ0) is 12.7. The summed E-state index contributed by atoms with van der Waals surface area (Å²) >= 11 is 0. The van der Waals surface area contributed by atoms with Crippen LogP contribution in [0.1, 0.15) is 0 Å². The van der Waals surface area contributed by atoms with Gasteiger partial charge in [0.1, 0.15) is 0 Å². The molecule has 0 fully saturated rings. The van der Waals surface area contributed by atoms with E-state index in [4.69, 9.17) is 42.1 Å². The molecular formula is C6H3FeKN6O2. The van der Waals surface area contributed by atoms with Crippen LogP contribution < -0.4 is 0 Å². The van der Waals surface area contributed by atoms with Crippen molar-refractivity contribution in [2.75, 3.05) is 0 Å². The average molecular weight is 286 g/mol. The summed E-state index contributed by atoms with van der Waals surface area (Å²) in [6, 6.07) is 0. The second-order valence-electron chi connectivity index (χ2n) is 1.80. The molecule has 0 amide bonds. The summed E-state index contributed by atoms with van der Waals surface area (Å²) in [5.41, 5.74) is 0. The van der Waals surface area contributed by atoms with E-state index >= 15 is 0 Å². The fourth-order valence-corrected chi connectivity index (χ4v) is 1.09. The van der Waals surface area contributed by atoms with Gasteiger partial charge >= 0.3 is 123 Å². The van der Waals surface area contributed by atoms with Gasteiger partial charge < -0.3 is 0 Å². The molecule has 0 atom stereocenters. The second kappa shape index (κ2) is 5.93. The summed E-state index contributed by atoms with van der Waals surface area (Å²) in [6.07, 6.45) is 0. The van der Waals surface area contributed by atoms with E-state index in [1.54, 1.807) is 0 Å². The molecule has 0 heterocycles. The normalized spacial score (nSPS) is 11.2. The fraction of sp³-hybridized carbons (Fsp3) is 0. The first-order valence-corrected chi connectivity index (χ1v) is 5.91. The summed E-state index contributed by atoms with van der Waals surface area (Å²) in [4.78, 5) is 6.19. The third-order valence-electron chi connectivity index (χ3n) is 1.19. The molecular weight excluding hydrogens is 283 g/mol. The first kappa shape index (κ1) is 20.4. The first-order valence-electron chi connectivity index (χ1n) is 2.60. The van der Waals surface area contributed by atoms with Gasteiger partial charge in [0, 0.05) is 0 Å². The van der Waals surface area contributed by atoms with Gasteiger partial charge in [0.05, 0.1) is 0 Å². The molecule has 0 saturated carbocycles. The van der Waals surface area contributed by atoms with Crippen LogP contribution in [-0.2, 0) is 10.7 Å². The molecule has 0 rings (SSSR count). The van der Waals surface area contributed by atoms with Crippen LogP contribution in [0.3, 0.4) is 0 Å². The number of hydrogen-bond acceptors (Lipinski definition) is 8. The van der Waals surface area contributed by atoms with Crippen LogP contribution >= 0.6 is 0 Å². The summed E-state index contributed by atoms with van der Waals surface area (Å²) in [6.45, 7) is 0. The molecule has 0 spiro atoms. The Hall–Kier alpha value is -0.984. The van der Waals surface area contributed by atoms with Crippen LogP contribution in [0.25, 0.3) is 0 Å². The van der Waals surface area contributed by atoms with Crippen LogP contribution in [0.5, 0.6) is 0 Å². The Morgan fingerprint density at radius 2 is 0.688 bits per heavy atom. The van der Waals surface area contributed by atoms with Crippen molar-refractivity contribution >= 4 is 51.4 Å². The Kier molecular flexibility index (Phi) is 7.57. The molecule has 0 aliphatic heterocycles. The minimum atomic E-state index is -6.17. The molecule has 0 aromatic rings. The van der Waals surface area contributed by atoms with E-state index in [0.29, 0.717) is 0 Å². The Morgan fingerprint density at radius 1 is 0.562 bits per heavy atom. The monoisotopic (exact) mass is 286 g/mol. The molecule has 2 N–H and O–H groups in total. The molecule has 16 heavy (non-hydrogen) atoms. The molecule has 0 aromatic carbocycles. The summed E-state index contributed by atoms with van der Waals surface area (Å²) < 4.78 is 0. The van der Waals surface area contributed by atoms with Crippen molar-refractivity contribution in [3.8, 4) is 29.8 Å². The predicted molar refractivity (Wildman–Crippen MR) is 46.1 cm³/mol. The van der Waals surface area contributed by atoms with Crippen LogP contribution in [0, 0.1) is 61.4 Å². The van der Waals surface area contributed by atoms with Crippen LogP contribution in [-0.4, -0.2) is 61.9 Å². The van der Waals surface area contributed by atoms with Gasteiger partial charge in [-0.2, -0.15) is 0 Å². The SMILES string of the molecule is N#[C][Fe]([C]#N)([C]#N)([C]#N)([C]#N)[C]#N.OO.[KH]. The Balaban J connectivity index is -0.000000529. The summed E-state index contributed by atoms with van der Waals surface area (Å²) in [5.74, 6) is 0. The quantitative estimate of drug-likeness (QED) is 0.338. The third kappa shape index (κ3) is 2.23. The van der Waals surface area contributed by atoms with Crippen LogP contribution in [0.15, 0.2) is 0 Å². The summed E-state index contributed by atoms with van der Waals surface area (Å²) in [7, 11) is -6.17. The van der Waals surface area contributed by atoms with E-state index in [2.05, 4.69) is 0 Å². The molecule has 78 valence electrons. The second-order valence-corrected chi connectivity index (χ2v) is 7.42. The molecule has 0 radical (unpaired) electrons. The van der Waals surface area contributed by atoms with Gasteiger partial charge in [0.2, 0.25) is 0 Å². The fourth-order valence-electron chi connectivity index (χ4n) is 0.265.